The topological polar surface area (TPSA) is 26.0 Å². The first-order chi connectivity index (χ1) is 8.13. The van der Waals surface area contributed by atoms with Gasteiger partial charge in [0.25, 0.3) is 0 Å². The molecule has 0 spiro atoms. The van der Waals surface area contributed by atoms with Crippen LogP contribution < -0.4 is 5.73 Å². The number of fused-ring (bicyclic) bond motifs is 1. The summed E-state index contributed by atoms with van der Waals surface area (Å²) >= 11 is 0. The van der Waals surface area contributed by atoms with Gasteiger partial charge < -0.3 is 5.73 Å². The van der Waals surface area contributed by atoms with Crippen molar-refractivity contribution in [2.45, 2.75) is 44.9 Å². The lowest BCUT2D eigenvalue weighted by Crippen LogP contribution is -2.20. The van der Waals surface area contributed by atoms with Gasteiger partial charge in [-0.2, -0.15) is 0 Å². The lowest BCUT2D eigenvalue weighted by molar-refractivity contribution is 0.392. The summed E-state index contributed by atoms with van der Waals surface area (Å²) in [5.74, 6) is 1.51. The fourth-order valence-electron chi connectivity index (χ4n) is 3.12. The molecular weight excluding hydrogens is 213 g/mol. The minimum Gasteiger partial charge on any atom is -0.330 e. The minimum absolute atomic E-state index is 0.109. The quantitative estimate of drug-likeness (QED) is 0.847. The summed E-state index contributed by atoms with van der Waals surface area (Å²) in [4.78, 5) is 0. The molecule has 1 aromatic carbocycles. The highest BCUT2D eigenvalue weighted by Crippen LogP contribution is 2.43. The molecule has 1 aliphatic carbocycles. The van der Waals surface area contributed by atoms with Gasteiger partial charge in [-0.05, 0) is 66.8 Å². The van der Waals surface area contributed by atoms with E-state index in [-0.39, 0.29) is 5.82 Å². The molecule has 0 radical (unpaired) electrons. The molecule has 1 aromatic rings. The van der Waals surface area contributed by atoms with E-state index in [9.17, 15) is 4.39 Å². The van der Waals surface area contributed by atoms with Gasteiger partial charge in [0.1, 0.15) is 5.82 Å². The lowest BCUT2D eigenvalue weighted by atomic mass is 9.71. The summed E-state index contributed by atoms with van der Waals surface area (Å²) in [6.07, 6.45) is 3.38. The summed E-state index contributed by atoms with van der Waals surface area (Å²) in [5, 5.41) is 0. The van der Waals surface area contributed by atoms with Crippen molar-refractivity contribution in [3.05, 3.63) is 35.1 Å². The Kier molecular flexibility index (Phi) is 3.82. The number of rotatable bonds is 3. The molecule has 94 valence electrons. The van der Waals surface area contributed by atoms with Crippen molar-refractivity contribution in [3.8, 4) is 0 Å². The Morgan fingerprint density at radius 1 is 1.29 bits per heavy atom. The van der Waals surface area contributed by atoms with E-state index in [1.54, 1.807) is 12.1 Å². The molecule has 0 fully saturated rings. The highest BCUT2D eigenvalue weighted by Gasteiger charge is 2.28. The van der Waals surface area contributed by atoms with Crippen LogP contribution >= 0.6 is 0 Å². The second-order valence-corrected chi connectivity index (χ2v) is 5.48. The third kappa shape index (κ3) is 2.52. The van der Waals surface area contributed by atoms with E-state index in [1.165, 1.54) is 24.0 Å². The first-order valence-corrected chi connectivity index (χ1v) is 6.63. The van der Waals surface area contributed by atoms with Crippen LogP contribution in [0.4, 0.5) is 4.39 Å². The van der Waals surface area contributed by atoms with E-state index >= 15 is 0 Å². The van der Waals surface area contributed by atoms with Gasteiger partial charge in [0.15, 0.2) is 0 Å². The maximum absolute atomic E-state index is 13.4. The third-order valence-corrected chi connectivity index (χ3v) is 4.03. The summed E-state index contributed by atoms with van der Waals surface area (Å²) in [7, 11) is 0. The fraction of sp³-hybridized carbons (Fsp3) is 0.600. The SMILES string of the molecule is CC(C)C1CCC(CCN)c2ccc(F)cc21. The van der Waals surface area contributed by atoms with Crippen molar-refractivity contribution < 1.29 is 4.39 Å². The average Bonchev–Trinajstić information content (AvgIpc) is 2.28. The molecule has 2 N–H and O–H groups in total. The van der Waals surface area contributed by atoms with E-state index in [4.69, 9.17) is 5.73 Å². The largest absolute Gasteiger partial charge is 0.330 e. The maximum atomic E-state index is 13.4. The first-order valence-electron chi connectivity index (χ1n) is 6.63. The number of hydrogen-bond acceptors (Lipinski definition) is 1. The van der Waals surface area contributed by atoms with Crippen LogP contribution in [0.2, 0.25) is 0 Å². The molecule has 0 heterocycles. The van der Waals surface area contributed by atoms with Gasteiger partial charge in [-0.15, -0.1) is 0 Å². The minimum atomic E-state index is -0.109. The van der Waals surface area contributed by atoms with Crippen molar-refractivity contribution in [2.24, 2.45) is 11.7 Å². The van der Waals surface area contributed by atoms with Crippen LogP contribution in [-0.4, -0.2) is 6.54 Å². The third-order valence-electron chi connectivity index (χ3n) is 4.03. The number of benzene rings is 1. The predicted molar refractivity (Wildman–Crippen MR) is 69.6 cm³/mol. The molecule has 2 atom stereocenters. The molecule has 2 heteroatoms. The highest BCUT2D eigenvalue weighted by molar-refractivity contribution is 5.36. The van der Waals surface area contributed by atoms with Crippen LogP contribution in [0.5, 0.6) is 0 Å². The van der Waals surface area contributed by atoms with E-state index < -0.39 is 0 Å². The Hall–Kier alpha value is -0.890. The Morgan fingerprint density at radius 3 is 2.71 bits per heavy atom. The molecule has 2 rings (SSSR count). The highest BCUT2D eigenvalue weighted by atomic mass is 19.1. The van der Waals surface area contributed by atoms with E-state index in [2.05, 4.69) is 13.8 Å². The molecule has 1 nitrogen and oxygen atoms in total. The molecule has 2 unspecified atom stereocenters. The van der Waals surface area contributed by atoms with Gasteiger partial charge in [0, 0.05) is 0 Å². The van der Waals surface area contributed by atoms with Gasteiger partial charge >= 0.3 is 0 Å². The van der Waals surface area contributed by atoms with Crippen molar-refractivity contribution in [2.75, 3.05) is 6.54 Å². The Balaban J connectivity index is 2.38. The summed E-state index contributed by atoms with van der Waals surface area (Å²) in [6.45, 7) is 5.17. The fourth-order valence-corrected chi connectivity index (χ4v) is 3.12. The van der Waals surface area contributed by atoms with Crippen LogP contribution in [-0.2, 0) is 0 Å². The average molecular weight is 235 g/mol. The van der Waals surface area contributed by atoms with E-state index in [1.807, 2.05) is 6.07 Å². The molecule has 0 saturated carbocycles. The number of hydrogen-bond donors (Lipinski definition) is 1. The maximum Gasteiger partial charge on any atom is 0.123 e. The molecule has 0 saturated heterocycles. The number of nitrogens with two attached hydrogens (primary N) is 1. The van der Waals surface area contributed by atoms with Crippen molar-refractivity contribution in [1.82, 2.24) is 0 Å². The molecular formula is C15H22FN. The standard InChI is InChI=1S/C15H22FN/c1-10(2)13-5-3-11(7-8-17)14-6-4-12(16)9-15(13)14/h4,6,9-11,13H,3,5,7-8,17H2,1-2H3. The van der Waals surface area contributed by atoms with Gasteiger partial charge in [-0.1, -0.05) is 19.9 Å². The number of halogens is 1. The van der Waals surface area contributed by atoms with Gasteiger partial charge in [-0.3, -0.25) is 0 Å². The normalized spacial score (nSPS) is 23.8. The van der Waals surface area contributed by atoms with Crippen molar-refractivity contribution >= 4 is 0 Å². The van der Waals surface area contributed by atoms with Crippen LogP contribution in [0.3, 0.4) is 0 Å². The second kappa shape index (κ2) is 5.18. The summed E-state index contributed by atoms with van der Waals surface area (Å²) in [6, 6.07) is 5.30. The van der Waals surface area contributed by atoms with Crippen molar-refractivity contribution in [1.29, 1.82) is 0 Å². The molecule has 0 amide bonds. The summed E-state index contributed by atoms with van der Waals surface area (Å²) < 4.78 is 13.4. The Morgan fingerprint density at radius 2 is 2.06 bits per heavy atom. The zero-order chi connectivity index (χ0) is 12.4. The molecule has 0 aliphatic heterocycles. The van der Waals surface area contributed by atoms with Crippen LogP contribution in [0.1, 0.15) is 56.1 Å². The van der Waals surface area contributed by atoms with Crippen LogP contribution in [0, 0.1) is 11.7 Å². The molecule has 0 bridgehead atoms. The predicted octanol–water partition coefficient (Wildman–Crippen LogP) is 3.79. The van der Waals surface area contributed by atoms with E-state index in [0.29, 0.717) is 24.3 Å². The van der Waals surface area contributed by atoms with Crippen LogP contribution in [0.25, 0.3) is 0 Å². The Bertz CT molecular complexity index is 387. The second-order valence-electron chi connectivity index (χ2n) is 5.48. The molecule has 0 aromatic heterocycles. The smallest absolute Gasteiger partial charge is 0.123 e. The van der Waals surface area contributed by atoms with E-state index in [0.717, 1.165) is 6.42 Å². The summed E-state index contributed by atoms with van der Waals surface area (Å²) in [5.41, 5.74) is 8.23. The Labute approximate surface area is 103 Å². The first kappa shape index (κ1) is 12.6. The molecule has 1 aliphatic rings. The van der Waals surface area contributed by atoms with Crippen molar-refractivity contribution in [3.63, 3.8) is 0 Å². The van der Waals surface area contributed by atoms with Crippen LogP contribution in [0.15, 0.2) is 18.2 Å². The molecule has 17 heavy (non-hydrogen) atoms. The lowest BCUT2D eigenvalue weighted by Gasteiger charge is -2.33. The zero-order valence-electron chi connectivity index (χ0n) is 10.7. The monoisotopic (exact) mass is 235 g/mol. The zero-order valence-corrected chi connectivity index (χ0v) is 10.7. The van der Waals surface area contributed by atoms with Gasteiger partial charge in [0.2, 0.25) is 0 Å². The van der Waals surface area contributed by atoms with Gasteiger partial charge in [-0.25, -0.2) is 4.39 Å². The van der Waals surface area contributed by atoms with Gasteiger partial charge in [0.05, 0.1) is 0 Å².